The Hall–Kier alpha value is -2.11. The van der Waals surface area contributed by atoms with Crippen LogP contribution < -0.4 is 5.32 Å². The molecule has 0 unspecified atom stereocenters. The van der Waals surface area contributed by atoms with Crippen LogP contribution in [0.5, 0.6) is 0 Å². The van der Waals surface area contributed by atoms with E-state index in [-0.39, 0.29) is 5.70 Å². The molecule has 0 radical (unpaired) electrons. The third kappa shape index (κ3) is 2.94. The highest BCUT2D eigenvalue weighted by Crippen LogP contribution is 2.03. The number of esters is 1. The molecule has 1 heterocycles. The van der Waals surface area contributed by atoms with Gasteiger partial charge in [-0.25, -0.2) is 4.79 Å². The van der Waals surface area contributed by atoms with Gasteiger partial charge in [0.2, 0.25) is 11.6 Å². The fourth-order valence-corrected chi connectivity index (χ4v) is 1.08. The molecule has 0 amide bonds. The van der Waals surface area contributed by atoms with Crippen molar-refractivity contribution in [1.29, 1.82) is 0 Å². The molecule has 0 fully saturated rings. The molecule has 0 aromatic carbocycles. The molecule has 6 heteroatoms. The second kappa shape index (κ2) is 5.11. The van der Waals surface area contributed by atoms with Crippen molar-refractivity contribution in [3.05, 3.63) is 24.0 Å². The molecule has 0 spiro atoms. The Morgan fingerprint density at radius 1 is 1.44 bits per heavy atom. The van der Waals surface area contributed by atoms with E-state index < -0.39 is 17.5 Å². The molecule has 0 bridgehead atoms. The van der Waals surface area contributed by atoms with Gasteiger partial charge in [-0.3, -0.25) is 9.59 Å². The van der Waals surface area contributed by atoms with E-state index in [0.29, 0.717) is 6.67 Å². The quantitative estimate of drug-likeness (QED) is 0.382. The summed E-state index contributed by atoms with van der Waals surface area (Å²) in [5, 5.41) is 2.76. The Morgan fingerprint density at radius 3 is 2.62 bits per heavy atom. The third-order valence-corrected chi connectivity index (χ3v) is 1.91. The van der Waals surface area contributed by atoms with Gasteiger partial charge in [0, 0.05) is 19.3 Å². The number of hydrogen-bond acceptors (Lipinski definition) is 6. The molecule has 0 aromatic rings. The van der Waals surface area contributed by atoms with Gasteiger partial charge < -0.3 is 15.0 Å². The van der Waals surface area contributed by atoms with Gasteiger partial charge in [0.1, 0.15) is 5.70 Å². The molecule has 0 aromatic heterocycles. The molecule has 0 saturated carbocycles. The first-order chi connectivity index (χ1) is 7.54. The maximum Gasteiger partial charge on any atom is 0.330 e. The van der Waals surface area contributed by atoms with Crippen LogP contribution >= 0.6 is 0 Å². The van der Waals surface area contributed by atoms with Crippen LogP contribution in [0.15, 0.2) is 24.0 Å². The normalized spacial score (nSPS) is 14.6. The first-order valence-electron chi connectivity index (χ1n) is 4.55. The van der Waals surface area contributed by atoms with Crippen LogP contribution in [0, 0.1) is 0 Å². The van der Waals surface area contributed by atoms with E-state index in [4.69, 9.17) is 0 Å². The molecular weight excluding hydrogens is 212 g/mol. The summed E-state index contributed by atoms with van der Waals surface area (Å²) in [6.07, 6.45) is 3.35. The summed E-state index contributed by atoms with van der Waals surface area (Å²) in [5.41, 5.74) is 0.224. The third-order valence-electron chi connectivity index (χ3n) is 1.91. The summed E-state index contributed by atoms with van der Waals surface area (Å²) in [7, 11) is 2.96. The Balaban J connectivity index is 2.62. The molecule has 1 rings (SSSR count). The molecule has 86 valence electrons. The molecule has 1 aliphatic heterocycles. The summed E-state index contributed by atoms with van der Waals surface area (Å²) in [5.74, 6) is -2.12. The first-order valence-corrected chi connectivity index (χ1v) is 4.55. The molecule has 0 atom stereocenters. The lowest BCUT2D eigenvalue weighted by atomic mass is 10.2. The van der Waals surface area contributed by atoms with Gasteiger partial charge in [0.25, 0.3) is 0 Å². The highest BCUT2D eigenvalue weighted by Gasteiger charge is 2.20. The summed E-state index contributed by atoms with van der Waals surface area (Å²) in [4.78, 5) is 35.2. The summed E-state index contributed by atoms with van der Waals surface area (Å²) in [6, 6.07) is 0. The van der Waals surface area contributed by atoms with Gasteiger partial charge in [0.05, 0.1) is 13.8 Å². The van der Waals surface area contributed by atoms with Gasteiger partial charge in [-0.2, -0.15) is 0 Å². The van der Waals surface area contributed by atoms with E-state index >= 15 is 0 Å². The number of nitrogens with one attached hydrogen (secondary N) is 1. The van der Waals surface area contributed by atoms with E-state index in [9.17, 15) is 14.4 Å². The van der Waals surface area contributed by atoms with Crippen molar-refractivity contribution in [1.82, 2.24) is 10.2 Å². The lowest BCUT2D eigenvalue weighted by Gasteiger charge is -2.02. The number of ether oxygens (including phenoxy) is 1. The highest BCUT2D eigenvalue weighted by atomic mass is 16.5. The van der Waals surface area contributed by atoms with Gasteiger partial charge >= 0.3 is 5.97 Å². The largest absolute Gasteiger partial charge is 0.466 e. The number of allylic oxidation sites excluding steroid dienone is 2. The Morgan fingerprint density at radius 2 is 2.12 bits per heavy atom. The standard InChI is InChI=1S/C10H12N2O4/c1-12-5-7(11-6-12)10(15)8(13)3-4-9(14)16-2/h3-5,11H,6H2,1-2H3/b4-3+. The fourth-order valence-electron chi connectivity index (χ4n) is 1.08. The van der Waals surface area contributed by atoms with Crippen LogP contribution in [0.1, 0.15) is 0 Å². The van der Waals surface area contributed by atoms with Crippen molar-refractivity contribution in [2.24, 2.45) is 0 Å². The molecule has 0 aliphatic carbocycles. The van der Waals surface area contributed by atoms with Crippen molar-refractivity contribution in [2.45, 2.75) is 0 Å². The number of methoxy groups -OCH3 is 1. The molecule has 1 N–H and O–H groups in total. The minimum absolute atomic E-state index is 0.224. The molecule has 6 nitrogen and oxygen atoms in total. The lowest BCUT2D eigenvalue weighted by molar-refractivity contribution is -0.135. The Bertz CT molecular complexity index is 384. The van der Waals surface area contributed by atoms with E-state index in [1.807, 2.05) is 0 Å². The summed E-state index contributed by atoms with van der Waals surface area (Å²) < 4.78 is 4.30. The number of ketones is 2. The highest BCUT2D eigenvalue weighted by molar-refractivity contribution is 6.47. The average Bonchev–Trinajstić information content (AvgIpc) is 2.71. The van der Waals surface area contributed by atoms with E-state index in [2.05, 4.69) is 10.1 Å². The number of rotatable bonds is 4. The molecule has 1 aliphatic rings. The van der Waals surface area contributed by atoms with Crippen molar-refractivity contribution >= 4 is 17.5 Å². The smallest absolute Gasteiger partial charge is 0.330 e. The van der Waals surface area contributed by atoms with Gasteiger partial charge in [0.15, 0.2) is 0 Å². The number of Topliss-reactive ketones (excluding diaryl/α,β-unsaturated/α-hetero) is 1. The van der Waals surface area contributed by atoms with Crippen molar-refractivity contribution in [3.8, 4) is 0 Å². The zero-order chi connectivity index (χ0) is 12.1. The van der Waals surface area contributed by atoms with E-state index in [1.54, 1.807) is 11.9 Å². The summed E-state index contributed by atoms with van der Waals surface area (Å²) >= 11 is 0. The zero-order valence-corrected chi connectivity index (χ0v) is 9.02. The van der Waals surface area contributed by atoms with Crippen LogP contribution in [-0.2, 0) is 19.1 Å². The monoisotopic (exact) mass is 224 g/mol. The van der Waals surface area contributed by atoms with Gasteiger partial charge in [-0.05, 0) is 6.08 Å². The average molecular weight is 224 g/mol. The topological polar surface area (TPSA) is 75.7 Å². The predicted octanol–water partition coefficient (Wildman–Crippen LogP) is -0.812. The van der Waals surface area contributed by atoms with Crippen LogP contribution in [-0.4, -0.2) is 43.3 Å². The van der Waals surface area contributed by atoms with Crippen LogP contribution in [0.2, 0.25) is 0 Å². The van der Waals surface area contributed by atoms with Crippen LogP contribution in [0.25, 0.3) is 0 Å². The van der Waals surface area contributed by atoms with Crippen molar-refractivity contribution < 1.29 is 19.1 Å². The SMILES string of the molecule is COC(=O)/C=C/C(=O)C(=O)C1=CN(C)CN1. The van der Waals surface area contributed by atoms with Crippen molar-refractivity contribution in [2.75, 3.05) is 20.8 Å². The number of nitrogens with zero attached hydrogens (tertiary/aromatic N) is 1. The number of carbonyl (C=O) groups excluding carboxylic acids is 3. The maximum absolute atomic E-state index is 11.5. The second-order valence-corrected chi connectivity index (χ2v) is 3.18. The first kappa shape index (κ1) is 12.0. The van der Waals surface area contributed by atoms with Crippen molar-refractivity contribution in [3.63, 3.8) is 0 Å². The van der Waals surface area contributed by atoms with Crippen LogP contribution in [0.4, 0.5) is 0 Å². The molecule has 16 heavy (non-hydrogen) atoms. The van der Waals surface area contributed by atoms with E-state index in [0.717, 1.165) is 12.2 Å². The second-order valence-electron chi connectivity index (χ2n) is 3.18. The predicted molar refractivity (Wildman–Crippen MR) is 55.0 cm³/mol. The van der Waals surface area contributed by atoms with Gasteiger partial charge in [-0.15, -0.1) is 0 Å². The Labute approximate surface area is 92.5 Å². The minimum Gasteiger partial charge on any atom is -0.466 e. The number of carbonyl (C=O) groups is 3. The Kier molecular flexibility index (Phi) is 3.82. The lowest BCUT2D eigenvalue weighted by Crippen LogP contribution is -2.24. The van der Waals surface area contributed by atoms with E-state index in [1.165, 1.54) is 13.3 Å². The minimum atomic E-state index is -0.764. The van der Waals surface area contributed by atoms with Crippen LogP contribution in [0.3, 0.4) is 0 Å². The van der Waals surface area contributed by atoms with Gasteiger partial charge in [-0.1, -0.05) is 0 Å². The zero-order valence-electron chi connectivity index (χ0n) is 9.02. The number of hydrogen-bond donors (Lipinski definition) is 1. The molecular formula is C10H12N2O4. The maximum atomic E-state index is 11.5. The molecule has 0 saturated heterocycles. The summed E-state index contributed by atoms with van der Waals surface area (Å²) in [6.45, 7) is 0.481. The fraction of sp³-hybridized carbons (Fsp3) is 0.300.